The van der Waals surface area contributed by atoms with Crippen molar-refractivity contribution in [3.8, 4) is 5.75 Å². The van der Waals surface area contributed by atoms with Gasteiger partial charge in [-0.05, 0) is 43.1 Å². The molecular formula is C15H20ClNO2. The molecule has 1 aromatic carbocycles. The SMILES string of the molecule is CNC1CCOCC1Cc1cc(Cl)cc2c1OCC2. The van der Waals surface area contributed by atoms with E-state index in [0.717, 1.165) is 49.9 Å². The minimum absolute atomic E-state index is 0.491. The van der Waals surface area contributed by atoms with Crippen LogP contribution in [0.3, 0.4) is 0 Å². The Labute approximate surface area is 119 Å². The summed E-state index contributed by atoms with van der Waals surface area (Å²) in [6, 6.07) is 4.60. The number of halogens is 1. The van der Waals surface area contributed by atoms with E-state index < -0.39 is 0 Å². The summed E-state index contributed by atoms with van der Waals surface area (Å²) in [6.07, 6.45) is 3.01. The van der Waals surface area contributed by atoms with E-state index in [-0.39, 0.29) is 0 Å². The van der Waals surface area contributed by atoms with Crippen molar-refractivity contribution in [1.82, 2.24) is 5.32 Å². The van der Waals surface area contributed by atoms with E-state index in [4.69, 9.17) is 21.1 Å². The van der Waals surface area contributed by atoms with Gasteiger partial charge in [0, 0.05) is 30.0 Å². The predicted molar refractivity (Wildman–Crippen MR) is 76.1 cm³/mol. The lowest BCUT2D eigenvalue weighted by Crippen LogP contribution is -2.41. The molecule has 0 amide bonds. The molecule has 1 saturated heterocycles. The van der Waals surface area contributed by atoms with Crippen LogP contribution in [0.15, 0.2) is 12.1 Å². The number of ether oxygens (including phenoxy) is 2. The Morgan fingerprint density at radius 2 is 2.26 bits per heavy atom. The Kier molecular flexibility index (Phi) is 3.96. The summed E-state index contributed by atoms with van der Waals surface area (Å²) in [6.45, 7) is 2.44. The van der Waals surface area contributed by atoms with Crippen molar-refractivity contribution in [3.63, 3.8) is 0 Å². The number of nitrogens with one attached hydrogen (secondary N) is 1. The second-order valence-corrected chi connectivity index (χ2v) is 5.81. The molecular weight excluding hydrogens is 262 g/mol. The lowest BCUT2D eigenvalue weighted by Gasteiger charge is -2.31. The first kappa shape index (κ1) is 13.2. The van der Waals surface area contributed by atoms with Gasteiger partial charge in [-0.1, -0.05) is 11.6 Å². The van der Waals surface area contributed by atoms with E-state index in [0.29, 0.717) is 12.0 Å². The highest BCUT2D eigenvalue weighted by atomic mass is 35.5. The van der Waals surface area contributed by atoms with Gasteiger partial charge >= 0.3 is 0 Å². The summed E-state index contributed by atoms with van der Waals surface area (Å²) in [5.41, 5.74) is 2.48. The highest BCUT2D eigenvalue weighted by Crippen LogP contribution is 2.35. The summed E-state index contributed by atoms with van der Waals surface area (Å²) >= 11 is 6.21. The minimum atomic E-state index is 0.491. The third kappa shape index (κ3) is 2.73. The van der Waals surface area contributed by atoms with Crippen molar-refractivity contribution in [2.24, 2.45) is 5.92 Å². The molecule has 19 heavy (non-hydrogen) atoms. The normalized spacial score (nSPS) is 26.0. The van der Waals surface area contributed by atoms with Crippen LogP contribution in [0.5, 0.6) is 5.75 Å². The molecule has 0 aliphatic carbocycles. The van der Waals surface area contributed by atoms with E-state index in [2.05, 4.69) is 5.32 Å². The van der Waals surface area contributed by atoms with E-state index in [9.17, 15) is 0 Å². The van der Waals surface area contributed by atoms with E-state index in [1.54, 1.807) is 0 Å². The van der Waals surface area contributed by atoms with Gasteiger partial charge in [0.25, 0.3) is 0 Å². The summed E-state index contributed by atoms with van der Waals surface area (Å²) in [7, 11) is 2.03. The summed E-state index contributed by atoms with van der Waals surface area (Å²) in [5.74, 6) is 1.55. The van der Waals surface area contributed by atoms with Crippen molar-refractivity contribution >= 4 is 11.6 Å². The van der Waals surface area contributed by atoms with Crippen LogP contribution in [0.2, 0.25) is 5.02 Å². The molecule has 2 heterocycles. The third-order valence-corrected chi connectivity index (χ3v) is 4.37. The molecule has 104 valence electrons. The monoisotopic (exact) mass is 281 g/mol. The van der Waals surface area contributed by atoms with Gasteiger partial charge in [-0.15, -0.1) is 0 Å². The first-order valence-corrected chi connectivity index (χ1v) is 7.35. The standard InChI is InChI=1S/C15H20ClNO2/c1-17-14-3-4-18-9-12(14)6-11-8-13(16)7-10-2-5-19-15(10)11/h7-8,12,14,17H,2-6,9H2,1H3. The number of rotatable bonds is 3. The molecule has 0 spiro atoms. The van der Waals surface area contributed by atoms with Crippen LogP contribution in [-0.2, 0) is 17.6 Å². The molecule has 1 fully saturated rings. The Morgan fingerprint density at radius 1 is 1.37 bits per heavy atom. The van der Waals surface area contributed by atoms with Gasteiger partial charge in [0.05, 0.1) is 13.2 Å². The molecule has 0 aromatic heterocycles. The van der Waals surface area contributed by atoms with E-state index in [1.165, 1.54) is 11.1 Å². The molecule has 1 aromatic rings. The maximum Gasteiger partial charge on any atom is 0.125 e. The van der Waals surface area contributed by atoms with Crippen LogP contribution in [0.1, 0.15) is 17.5 Å². The number of fused-ring (bicyclic) bond motifs is 1. The van der Waals surface area contributed by atoms with Crippen LogP contribution < -0.4 is 10.1 Å². The Hall–Kier alpha value is -0.770. The highest BCUT2D eigenvalue weighted by Gasteiger charge is 2.27. The number of hydrogen-bond donors (Lipinski definition) is 1. The van der Waals surface area contributed by atoms with Crippen LogP contribution in [-0.4, -0.2) is 32.9 Å². The first-order valence-electron chi connectivity index (χ1n) is 6.97. The topological polar surface area (TPSA) is 30.5 Å². The van der Waals surface area contributed by atoms with Crippen molar-refractivity contribution < 1.29 is 9.47 Å². The summed E-state index contributed by atoms with van der Waals surface area (Å²) < 4.78 is 11.4. The van der Waals surface area contributed by atoms with Gasteiger partial charge in [-0.2, -0.15) is 0 Å². The Morgan fingerprint density at radius 3 is 3.11 bits per heavy atom. The molecule has 2 aliphatic heterocycles. The first-order chi connectivity index (χ1) is 9.28. The minimum Gasteiger partial charge on any atom is -0.493 e. The largest absolute Gasteiger partial charge is 0.493 e. The fraction of sp³-hybridized carbons (Fsp3) is 0.600. The fourth-order valence-corrected chi connectivity index (χ4v) is 3.42. The maximum absolute atomic E-state index is 6.21. The quantitative estimate of drug-likeness (QED) is 0.923. The lowest BCUT2D eigenvalue weighted by molar-refractivity contribution is 0.0340. The Bertz CT molecular complexity index is 464. The van der Waals surface area contributed by atoms with Crippen LogP contribution in [0.4, 0.5) is 0 Å². The molecule has 0 saturated carbocycles. The van der Waals surface area contributed by atoms with Gasteiger partial charge in [-0.25, -0.2) is 0 Å². The Balaban J connectivity index is 1.82. The van der Waals surface area contributed by atoms with Crippen LogP contribution >= 0.6 is 11.6 Å². The smallest absolute Gasteiger partial charge is 0.125 e. The molecule has 3 rings (SSSR count). The molecule has 2 aliphatic rings. The lowest BCUT2D eigenvalue weighted by atomic mass is 9.88. The molecule has 3 nitrogen and oxygen atoms in total. The molecule has 0 radical (unpaired) electrons. The fourth-order valence-electron chi connectivity index (χ4n) is 3.16. The number of benzene rings is 1. The average Bonchev–Trinajstić information content (AvgIpc) is 2.87. The van der Waals surface area contributed by atoms with E-state index >= 15 is 0 Å². The van der Waals surface area contributed by atoms with Crippen LogP contribution in [0, 0.1) is 5.92 Å². The molecule has 0 bridgehead atoms. The van der Waals surface area contributed by atoms with Crippen molar-refractivity contribution in [1.29, 1.82) is 0 Å². The second kappa shape index (κ2) is 5.70. The molecule has 2 atom stereocenters. The third-order valence-electron chi connectivity index (χ3n) is 4.15. The van der Waals surface area contributed by atoms with Gasteiger partial charge in [-0.3, -0.25) is 0 Å². The molecule has 2 unspecified atom stereocenters. The van der Waals surface area contributed by atoms with Gasteiger partial charge < -0.3 is 14.8 Å². The number of hydrogen-bond acceptors (Lipinski definition) is 3. The summed E-state index contributed by atoms with van der Waals surface area (Å²) in [4.78, 5) is 0. The second-order valence-electron chi connectivity index (χ2n) is 5.37. The van der Waals surface area contributed by atoms with Crippen molar-refractivity contribution in [3.05, 3.63) is 28.3 Å². The van der Waals surface area contributed by atoms with Crippen molar-refractivity contribution in [2.45, 2.75) is 25.3 Å². The van der Waals surface area contributed by atoms with Gasteiger partial charge in [0.1, 0.15) is 5.75 Å². The molecule has 4 heteroatoms. The van der Waals surface area contributed by atoms with Crippen LogP contribution in [0.25, 0.3) is 0 Å². The van der Waals surface area contributed by atoms with E-state index in [1.807, 2.05) is 19.2 Å². The highest BCUT2D eigenvalue weighted by molar-refractivity contribution is 6.30. The van der Waals surface area contributed by atoms with Gasteiger partial charge in [0.2, 0.25) is 0 Å². The van der Waals surface area contributed by atoms with Crippen molar-refractivity contribution in [2.75, 3.05) is 26.9 Å². The maximum atomic E-state index is 6.21. The zero-order chi connectivity index (χ0) is 13.2. The average molecular weight is 282 g/mol. The zero-order valence-corrected chi connectivity index (χ0v) is 12.0. The van der Waals surface area contributed by atoms with Gasteiger partial charge in [0.15, 0.2) is 0 Å². The predicted octanol–water partition coefficient (Wildman–Crippen LogP) is 2.44. The molecule has 1 N–H and O–H groups in total. The zero-order valence-electron chi connectivity index (χ0n) is 11.2. The summed E-state index contributed by atoms with van der Waals surface area (Å²) in [5, 5.41) is 4.22.